The Morgan fingerprint density at radius 1 is 1.20 bits per heavy atom. The Morgan fingerprint density at radius 2 is 2.07 bits per heavy atom. The van der Waals surface area contributed by atoms with Crippen LogP contribution in [0.25, 0.3) is 10.8 Å². The van der Waals surface area contributed by atoms with Crippen molar-refractivity contribution in [2.24, 2.45) is 11.3 Å². The number of pyridine rings is 2. The van der Waals surface area contributed by atoms with E-state index in [2.05, 4.69) is 21.4 Å². The molecule has 2 heterocycles. The third-order valence-corrected chi connectivity index (χ3v) is 7.14. The number of hydrogen-bond donors (Lipinski definition) is 1. The lowest BCUT2D eigenvalue weighted by atomic mass is 9.91. The summed E-state index contributed by atoms with van der Waals surface area (Å²) in [6.45, 7) is 0. The summed E-state index contributed by atoms with van der Waals surface area (Å²) in [4.78, 5) is 21.3. The van der Waals surface area contributed by atoms with Gasteiger partial charge in [-0.15, -0.1) is 0 Å². The number of rotatable bonds is 4. The molecule has 0 aliphatic heterocycles. The van der Waals surface area contributed by atoms with Gasteiger partial charge in [0.05, 0.1) is 11.5 Å². The highest BCUT2D eigenvalue weighted by Crippen LogP contribution is 2.78. The number of anilines is 1. The summed E-state index contributed by atoms with van der Waals surface area (Å²) < 4.78 is 14.8. The summed E-state index contributed by atoms with van der Waals surface area (Å²) in [6, 6.07) is 13.1. The molecule has 1 amide bonds. The number of nitrogens with zero attached hydrogens (tertiary/aromatic N) is 3. The molecule has 3 aliphatic carbocycles. The highest BCUT2D eigenvalue weighted by Gasteiger charge is 2.76. The summed E-state index contributed by atoms with van der Waals surface area (Å²) in [5, 5.41) is 14.1. The molecule has 6 heteroatoms. The zero-order valence-electron chi connectivity index (χ0n) is 16.2. The zero-order valence-corrected chi connectivity index (χ0v) is 16.2. The van der Waals surface area contributed by atoms with Crippen molar-refractivity contribution in [2.45, 2.75) is 37.0 Å². The third kappa shape index (κ3) is 2.48. The van der Waals surface area contributed by atoms with Crippen LogP contribution in [0.3, 0.4) is 0 Å². The first-order valence-corrected chi connectivity index (χ1v) is 10.3. The Bertz CT molecular complexity index is 1250. The summed E-state index contributed by atoms with van der Waals surface area (Å²) in [5.74, 6) is 0.0615. The first kappa shape index (κ1) is 17.5. The molecular formula is C24H19FN4O. The Morgan fingerprint density at radius 3 is 2.77 bits per heavy atom. The van der Waals surface area contributed by atoms with Crippen LogP contribution in [-0.4, -0.2) is 15.9 Å². The van der Waals surface area contributed by atoms with Gasteiger partial charge in [-0.05, 0) is 66.8 Å². The molecule has 3 aromatic rings. The lowest BCUT2D eigenvalue weighted by molar-refractivity contribution is -0.117. The van der Waals surface area contributed by atoms with Crippen molar-refractivity contribution in [1.29, 1.82) is 5.26 Å². The van der Waals surface area contributed by atoms with E-state index >= 15 is 0 Å². The van der Waals surface area contributed by atoms with E-state index in [1.54, 1.807) is 24.5 Å². The molecule has 3 aliphatic rings. The number of nitrogens with one attached hydrogen (secondary N) is 1. The monoisotopic (exact) mass is 398 g/mol. The molecule has 2 aromatic heterocycles. The lowest BCUT2D eigenvalue weighted by Crippen LogP contribution is -2.15. The van der Waals surface area contributed by atoms with Gasteiger partial charge in [0.25, 0.3) is 0 Å². The standard InChI is InChI=1S/C24H19FN4O/c25-19-8-15-11-28-21(29-22(30)17-10-16(17)20-3-1-2-6-27-20)9-14(15)7-18(19)24(13-26)12-23(24)4-5-23/h1-3,6-9,11,16-17H,4-5,10,12H2,(H,28,29,30)/t16?,17?,24-/m0/s1. The van der Waals surface area contributed by atoms with Crippen LogP contribution in [0.5, 0.6) is 0 Å². The fourth-order valence-electron chi connectivity index (χ4n) is 5.00. The molecule has 30 heavy (non-hydrogen) atoms. The minimum atomic E-state index is -0.693. The normalized spacial score (nSPS) is 27.5. The van der Waals surface area contributed by atoms with Gasteiger partial charge in [-0.1, -0.05) is 6.07 Å². The Kier molecular flexibility index (Phi) is 3.42. The van der Waals surface area contributed by atoms with Crippen molar-refractivity contribution >= 4 is 22.5 Å². The van der Waals surface area contributed by atoms with Crippen molar-refractivity contribution in [1.82, 2.24) is 9.97 Å². The topological polar surface area (TPSA) is 78.7 Å². The van der Waals surface area contributed by atoms with E-state index in [4.69, 9.17) is 0 Å². The molecule has 5 nitrogen and oxygen atoms in total. The first-order chi connectivity index (χ1) is 14.6. The molecule has 3 saturated carbocycles. The van der Waals surface area contributed by atoms with E-state index in [1.807, 2.05) is 18.2 Å². The van der Waals surface area contributed by atoms with Crippen LogP contribution in [0.2, 0.25) is 0 Å². The van der Waals surface area contributed by atoms with Gasteiger partial charge in [0, 0.05) is 40.9 Å². The summed E-state index contributed by atoms with van der Waals surface area (Å²) in [5.41, 5.74) is 0.717. The van der Waals surface area contributed by atoms with Crippen molar-refractivity contribution in [2.75, 3.05) is 5.32 Å². The van der Waals surface area contributed by atoms with Gasteiger partial charge in [-0.25, -0.2) is 9.37 Å². The largest absolute Gasteiger partial charge is 0.310 e. The average Bonchev–Trinajstić information content (AvgIpc) is 3.66. The molecule has 3 fully saturated rings. The van der Waals surface area contributed by atoms with Gasteiger partial charge in [0.2, 0.25) is 5.91 Å². The maximum absolute atomic E-state index is 14.8. The van der Waals surface area contributed by atoms with Crippen molar-refractivity contribution in [3.05, 3.63) is 65.9 Å². The van der Waals surface area contributed by atoms with Crippen LogP contribution in [0.4, 0.5) is 10.2 Å². The smallest absolute Gasteiger partial charge is 0.229 e. The highest BCUT2D eigenvalue weighted by atomic mass is 19.1. The quantitative estimate of drug-likeness (QED) is 0.704. The number of carbonyl (C=O) groups is 1. The van der Waals surface area contributed by atoms with Crippen LogP contribution < -0.4 is 5.32 Å². The Hall–Kier alpha value is -3.33. The predicted octanol–water partition coefficient (Wildman–Crippen LogP) is 4.46. The van der Waals surface area contributed by atoms with Crippen LogP contribution in [0.1, 0.15) is 42.9 Å². The second-order valence-corrected chi connectivity index (χ2v) is 8.92. The van der Waals surface area contributed by atoms with E-state index in [0.717, 1.165) is 36.8 Å². The van der Waals surface area contributed by atoms with Gasteiger partial charge in [-0.3, -0.25) is 9.78 Å². The van der Waals surface area contributed by atoms with Crippen molar-refractivity contribution in [3.63, 3.8) is 0 Å². The molecule has 1 N–H and O–H groups in total. The SMILES string of the molecule is N#C[C@]1(c2cc3cc(NC(=O)C4CC4c4ccccn4)ncc3cc2F)CC12CC2. The predicted molar refractivity (Wildman–Crippen MR) is 109 cm³/mol. The fourth-order valence-corrected chi connectivity index (χ4v) is 5.00. The minimum absolute atomic E-state index is 0.00714. The molecule has 0 saturated heterocycles. The number of halogens is 1. The van der Waals surface area contributed by atoms with Gasteiger partial charge >= 0.3 is 0 Å². The van der Waals surface area contributed by atoms with Crippen molar-refractivity contribution in [3.8, 4) is 6.07 Å². The Labute approximate surface area is 173 Å². The lowest BCUT2D eigenvalue weighted by Gasteiger charge is -2.12. The van der Waals surface area contributed by atoms with E-state index in [9.17, 15) is 14.4 Å². The van der Waals surface area contributed by atoms with Gasteiger partial charge in [0.15, 0.2) is 0 Å². The number of carbonyl (C=O) groups excluding carboxylic acids is 1. The average molecular weight is 398 g/mol. The van der Waals surface area contributed by atoms with E-state index in [0.29, 0.717) is 16.8 Å². The molecule has 148 valence electrons. The fraction of sp³-hybridized carbons (Fsp3) is 0.333. The molecular weight excluding hydrogens is 379 g/mol. The number of aromatic nitrogens is 2. The molecule has 0 bridgehead atoms. The summed E-state index contributed by atoms with van der Waals surface area (Å²) in [7, 11) is 0. The second kappa shape index (κ2) is 5.85. The maximum Gasteiger partial charge on any atom is 0.229 e. The van der Waals surface area contributed by atoms with Gasteiger partial charge in [0.1, 0.15) is 11.6 Å². The van der Waals surface area contributed by atoms with Crippen molar-refractivity contribution < 1.29 is 9.18 Å². The van der Waals surface area contributed by atoms with Gasteiger partial charge < -0.3 is 5.32 Å². The third-order valence-electron chi connectivity index (χ3n) is 7.14. The molecule has 6 rings (SSSR count). The summed E-state index contributed by atoms with van der Waals surface area (Å²) >= 11 is 0. The first-order valence-electron chi connectivity index (χ1n) is 10.3. The number of hydrogen-bond acceptors (Lipinski definition) is 4. The second-order valence-electron chi connectivity index (χ2n) is 8.92. The van der Waals surface area contributed by atoms with Crippen LogP contribution in [0, 0.1) is 28.5 Å². The number of fused-ring (bicyclic) bond motifs is 1. The van der Waals surface area contributed by atoms with Crippen LogP contribution in [0.15, 0.2) is 48.8 Å². The van der Waals surface area contributed by atoms with Gasteiger partial charge in [-0.2, -0.15) is 5.26 Å². The van der Waals surface area contributed by atoms with E-state index in [-0.39, 0.29) is 29.0 Å². The zero-order chi connectivity index (χ0) is 20.5. The number of benzene rings is 1. The highest BCUT2D eigenvalue weighted by molar-refractivity contribution is 5.96. The minimum Gasteiger partial charge on any atom is -0.310 e. The van der Waals surface area contributed by atoms with Crippen LogP contribution >= 0.6 is 0 Å². The molecule has 2 unspecified atom stereocenters. The number of nitriles is 1. The molecule has 1 aromatic carbocycles. The Balaban J connectivity index is 1.26. The van der Waals surface area contributed by atoms with E-state index in [1.165, 1.54) is 6.07 Å². The van der Waals surface area contributed by atoms with E-state index < -0.39 is 5.41 Å². The maximum atomic E-state index is 14.8. The molecule has 0 radical (unpaired) electrons. The molecule has 1 spiro atoms. The van der Waals surface area contributed by atoms with Crippen LogP contribution in [-0.2, 0) is 10.2 Å². The molecule has 3 atom stereocenters. The number of amides is 1. The summed E-state index contributed by atoms with van der Waals surface area (Å²) in [6.07, 6.45) is 6.81.